The molecule has 1 unspecified atom stereocenters. The van der Waals surface area contributed by atoms with E-state index in [1.165, 1.54) is 18.3 Å². The Balaban J connectivity index is 1.84. The largest absolute Gasteiger partial charge is 0.504 e. The molecule has 2 heterocycles. The van der Waals surface area contributed by atoms with Crippen LogP contribution in [0.2, 0.25) is 0 Å². The molecule has 0 saturated carbocycles. The number of halogens is 5. The van der Waals surface area contributed by atoms with Crippen molar-refractivity contribution in [2.75, 3.05) is 18.0 Å². The molecule has 9 heteroatoms. The molecule has 1 aliphatic rings. The molecule has 0 spiro atoms. The number of aromatic nitrogens is 1. The molecular weight excluding hydrogens is 347 g/mol. The van der Waals surface area contributed by atoms with Gasteiger partial charge in [0.2, 0.25) is 29.1 Å². The summed E-state index contributed by atoms with van der Waals surface area (Å²) in [6.45, 7) is 0.575. The van der Waals surface area contributed by atoms with Crippen molar-refractivity contribution in [3.8, 4) is 11.5 Å². The standard InChI is InChI=1S/C16H13F5N2O2/c17-10-11(18)13(20)15(14(21)12(10)19)25-8-3-2-6-23(7-8)16-9(24)4-1-5-22-16/h1,4-5,8,24H,2-3,6-7H2. The van der Waals surface area contributed by atoms with E-state index in [4.69, 9.17) is 4.74 Å². The number of pyridine rings is 1. The first-order valence-electron chi connectivity index (χ1n) is 7.47. The summed E-state index contributed by atoms with van der Waals surface area (Å²) in [6.07, 6.45) is 1.51. The highest BCUT2D eigenvalue weighted by atomic mass is 19.2. The van der Waals surface area contributed by atoms with Crippen molar-refractivity contribution in [3.63, 3.8) is 0 Å². The lowest BCUT2D eigenvalue weighted by Gasteiger charge is -2.34. The average Bonchev–Trinajstić information content (AvgIpc) is 2.62. The molecule has 0 radical (unpaired) electrons. The third-order valence-electron chi connectivity index (χ3n) is 3.90. The van der Waals surface area contributed by atoms with Crippen molar-refractivity contribution in [3.05, 3.63) is 47.4 Å². The maximum Gasteiger partial charge on any atom is 0.207 e. The molecule has 1 aromatic heterocycles. The predicted molar refractivity (Wildman–Crippen MR) is 78.0 cm³/mol. The number of piperidine rings is 1. The van der Waals surface area contributed by atoms with Crippen LogP contribution in [0.15, 0.2) is 18.3 Å². The second-order valence-corrected chi connectivity index (χ2v) is 5.57. The second kappa shape index (κ2) is 6.73. The Hall–Kier alpha value is -2.58. The summed E-state index contributed by atoms with van der Waals surface area (Å²) in [6, 6.07) is 2.96. The van der Waals surface area contributed by atoms with E-state index in [9.17, 15) is 27.1 Å². The Morgan fingerprint density at radius 1 is 1.04 bits per heavy atom. The lowest BCUT2D eigenvalue weighted by Crippen LogP contribution is -2.42. The molecule has 1 N–H and O–H groups in total. The van der Waals surface area contributed by atoms with Crippen LogP contribution in [-0.4, -0.2) is 29.3 Å². The summed E-state index contributed by atoms with van der Waals surface area (Å²) in [7, 11) is 0. The minimum absolute atomic E-state index is 0.0735. The minimum atomic E-state index is -2.23. The highest BCUT2D eigenvalue weighted by Crippen LogP contribution is 2.32. The van der Waals surface area contributed by atoms with E-state index < -0.39 is 40.9 Å². The van der Waals surface area contributed by atoms with Gasteiger partial charge in [-0.15, -0.1) is 0 Å². The molecule has 1 saturated heterocycles. The second-order valence-electron chi connectivity index (χ2n) is 5.57. The molecule has 1 aliphatic heterocycles. The number of anilines is 1. The van der Waals surface area contributed by atoms with Gasteiger partial charge in [-0.05, 0) is 25.0 Å². The number of nitrogens with zero attached hydrogens (tertiary/aromatic N) is 2. The quantitative estimate of drug-likeness (QED) is 0.517. The zero-order valence-electron chi connectivity index (χ0n) is 12.8. The first-order chi connectivity index (χ1) is 11.9. The smallest absolute Gasteiger partial charge is 0.207 e. The molecular formula is C16H13F5N2O2. The molecule has 0 aliphatic carbocycles. The van der Waals surface area contributed by atoms with Gasteiger partial charge in [-0.2, -0.15) is 8.78 Å². The summed E-state index contributed by atoms with van der Waals surface area (Å²) >= 11 is 0. The molecule has 2 aromatic rings. The fourth-order valence-electron chi connectivity index (χ4n) is 2.71. The van der Waals surface area contributed by atoms with Crippen molar-refractivity contribution in [1.29, 1.82) is 0 Å². The Bertz CT molecular complexity index is 773. The van der Waals surface area contributed by atoms with Gasteiger partial charge >= 0.3 is 0 Å². The molecule has 1 fully saturated rings. The van der Waals surface area contributed by atoms with E-state index in [1.807, 2.05) is 0 Å². The molecule has 0 amide bonds. The summed E-state index contributed by atoms with van der Waals surface area (Å²) in [4.78, 5) is 5.64. The van der Waals surface area contributed by atoms with E-state index in [0.717, 1.165) is 0 Å². The summed E-state index contributed by atoms with van der Waals surface area (Å²) in [5.74, 6) is -11.5. The lowest BCUT2D eigenvalue weighted by atomic mass is 10.1. The van der Waals surface area contributed by atoms with Gasteiger partial charge in [0.1, 0.15) is 6.10 Å². The van der Waals surface area contributed by atoms with Crippen LogP contribution in [0.25, 0.3) is 0 Å². The zero-order chi connectivity index (χ0) is 18.1. The molecule has 1 atom stereocenters. The number of aromatic hydroxyl groups is 1. The van der Waals surface area contributed by atoms with Crippen LogP contribution in [0.5, 0.6) is 11.5 Å². The van der Waals surface area contributed by atoms with Gasteiger partial charge < -0.3 is 14.7 Å². The van der Waals surface area contributed by atoms with E-state index in [2.05, 4.69) is 4.98 Å². The van der Waals surface area contributed by atoms with E-state index in [1.54, 1.807) is 4.90 Å². The number of ether oxygens (including phenoxy) is 1. The number of rotatable bonds is 3. The van der Waals surface area contributed by atoms with Crippen LogP contribution in [-0.2, 0) is 0 Å². The van der Waals surface area contributed by atoms with Crippen molar-refractivity contribution in [2.24, 2.45) is 0 Å². The average molecular weight is 360 g/mol. The van der Waals surface area contributed by atoms with Crippen LogP contribution in [0, 0.1) is 29.1 Å². The van der Waals surface area contributed by atoms with Gasteiger partial charge in [-0.25, -0.2) is 18.2 Å². The van der Waals surface area contributed by atoms with Crippen molar-refractivity contribution >= 4 is 5.82 Å². The van der Waals surface area contributed by atoms with Crippen LogP contribution >= 0.6 is 0 Å². The molecule has 0 bridgehead atoms. The molecule has 134 valence electrons. The van der Waals surface area contributed by atoms with Gasteiger partial charge in [0, 0.05) is 12.7 Å². The van der Waals surface area contributed by atoms with Crippen LogP contribution in [0.3, 0.4) is 0 Å². The zero-order valence-corrected chi connectivity index (χ0v) is 12.8. The van der Waals surface area contributed by atoms with Gasteiger partial charge in [-0.3, -0.25) is 0 Å². The molecule has 1 aromatic carbocycles. The maximum atomic E-state index is 13.7. The normalized spacial score (nSPS) is 17.6. The fourth-order valence-corrected chi connectivity index (χ4v) is 2.71. The van der Waals surface area contributed by atoms with Gasteiger partial charge in [0.05, 0.1) is 6.54 Å². The molecule has 25 heavy (non-hydrogen) atoms. The van der Waals surface area contributed by atoms with E-state index >= 15 is 0 Å². The van der Waals surface area contributed by atoms with Crippen LogP contribution < -0.4 is 9.64 Å². The number of hydrogen-bond donors (Lipinski definition) is 1. The summed E-state index contributed by atoms with van der Waals surface area (Å²) in [5, 5.41) is 9.82. The van der Waals surface area contributed by atoms with Crippen molar-refractivity contribution in [1.82, 2.24) is 4.98 Å². The number of benzene rings is 1. The van der Waals surface area contributed by atoms with Gasteiger partial charge in [-0.1, -0.05) is 0 Å². The van der Waals surface area contributed by atoms with Crippen LogP contribution in [0.4, 0.5) is 27.8 Å². The highest BCUT2D eigenvalue weighted by molar-refractivity contribution is 5.51. The Morgan fingerprint density at radius 3 is 2.32 bits per heavy atom. The maximum absolute atomic E-state index is 13.7. The SMILES string of the molecule is Oc1cccnc1N1CCCC(Oc2c(F)c(F)c(F)c(F)c2F)C1. The fraction of sp³-hybridized carbons (Fsp3) is 0.312. The highest BCUT2D eigenvalue weighted by Gasteiger charge is 2.31. The Morgan fingerprint density at radius 2 is 1.68 bits per heavy atom. The Kier molecular flexibility index (Phi) is 4.65. The number of hydrogen-bond acceptors (Lipinski definition) is 4. The van der Waals surface area contributed by atoms with Crippen molar-refractivity contribution in [2.45, 2.75) is 18.9 Å². The Labute approximate surface area is 139 Å². The van der Waals surface area contributed by atoms with Gasteiger partial charge in [0.15, 0.2) is 17.3 Å². The molecule has 4 nitrogen and oxygen atoms in total. The monoisotopic (exact) mass is 360 g/mol. The third kappa shape index (κ3) is 3.18. The first-order valence-corrected chi connectivity index (χ1v) is 7.47. The van der Waals surface area contributed by atoms with E-state index in [-0.39, 0.29) is 18.1 Å². The van der Waals surface area contributed by atoms with E-state index in [0.29, 0.717) is 19.4 Å². The lowest BCUT2D eigenvalue weighted by molar-refractivity contribution is 0.157. The summed E-state index contributed by atoms with van der Waals surface area (Å²) in [5.41, 5.74) is 0. The predicted octanol–water partition coefficient (Wildman–Crippen LogP) is 3.53. The van der Waals surface area contributed by atoms with Crippen molar-refractivity contribution < 1.29 is 31.8 Å². The van der Waals surface area contributed by atoms with Crippen LogP contribution in [0.1, 0.15) is 12.8 Å². The molecule has 3 rings (SSSR count). The third-order valence-corrected chi connectivity index (χ3v) is 3.90. The first kappa shape index (κ1) is 17.2. The van der Waals surface area contributed by atoms with Gasteiger partial charge in [0.25, 0.3) is 0 Å². The summed E-state index contributed by atoms with van der Waals surface area (Å²) < 4.78 is 72.1. The topological polar surface area (TPSA) is 45.6 Å². The minimum Gasteiger partial charge on any atom is -0.504 e.